The average molecular weight is 514 g/mol. The van der Waals surface area contributed by atoms with Gasteiger partial charge in [0.2, 0.25) is 0 Å². The Morgan fingerprint density at radius 1 is 0.889 bits per heavy atom. The quantitative estimate of drug-likeness (QED) is 0.249. The number of halogens is 2. The first kappa shape index (κ1) is 23.0. The van der Waals surface area contributed by atoms with Gasteiger partial charge in [-0.2, -0.15) is 0 Å². The molecule has 2 aliphatic carbocycles. The minimum absolute atomic E-state index is 0.317. The Morgan fingerprint density at radius 2 is 1.75 bits per heavy atom. The molecule has 7 heteroatoms. The Balaban J connectivity index is 1.63. The van der Waals surface area contributed by atoms with Crippen LogP contribution in [0.4, 0.5) is 11.4 Å². The Hall–Kier alpha value is -3.41. The van der Waals surface area contributed by atoms with Gasteiger partial charge in [-0.15, -0.1) is 0 Å². The van der Waals surface area contributed by atoms with Crippen molar-refractivity contribution in [1.82, 2.24) is 14.5 Å². The number of benzene rings is 3. The minimum Gasteiger partial charge on any atom is -0.352 e. The monoisotopic (exact) mass is 513 g/mol. The topological polar surface area (TPSA) is 55.1 Å². The Bertz CT molecular complexity index is 1570. The summed E-state index contributed by atoms with van der Waals surface area (Å²) < 4.78 is 2.19. The third kappa shape index (κ3) is 4.57. The number of hydrogen-bond acceptors (Lipinski definition) is 4. The van der Waals surface area contributed by atoms with Gasteiger partial charge in [0.15, 0.2) is 0 Å². The molecular formula is C29H25Cl2N5. The van der Waals surface area contributed by atoms with Gasteiger partial charge in [-0.3, -0.25) is 9.98 Å². The molecule has 2 aromatic carbocycles. The van der Waals surface area contributed by atoms with Crippen LogP contribution >= 0.6 is 23.2 Å². The summed E-state index contributed by atoms with van der Waals surface area (Å²) in [5, 5.41) is 5.49. The van der Waals surface area contributed by atoms with Crippen molar-refractivity contribution in [3.63, 3.8) is 0 Å². The second kappa shape index (κ2) is 9.92. The number of rotatable bonds is 4. The number of para-hydroxylation sites is 2. The fourth-order valence-electron chi connectivity index (χ4n) is 4.95. The van der Waals surface area contributed by atoms with Gasteiger partial charge in [-0.1, -0.05) is 54.6 Å². The Kier molecular flexibility index (Phi) is 6.34. The van der Waals surface area contributed by atoms with Crippen LogP contribution in [0.2, 0.25) is 10.0 Å². The lowest BCUT2D eigenvalue weighted by Crippen LogP contribution is -2.19. The summed E-state index contributed by atoms with van der Waals surface area (Å²) >= 11 is 12.7. The summed E-state index contributed by atoms with van der Waals surface area (Å²) in [5.41, 5.74) is 6.44. The highest BCUT2D eigenvalue weighted by atomic mass is 35.5. The number of anilines is 2. The van der Waals surface area contributed by atoms with Crippen LogP contribution in [0.3, 0.4) is 0 Å². The van der Waals surface area contributed by atoms with Crippen molar-refractivity contribution in [1.29, 1.82) is 0 Å². The molecule has 3 aliphatic rings. The van der Waals surface area contributed by atoms with Crippen LogP contribution in [0.5, 0.6) is 0 Å². The van der Waals surface area contributed by atoms with Crippen LogP contribution in [-0.2, 0) is 0 Å². The molecule has 36 heavy (non-hydrogen) atoms. The van der Waals surface area contributed by atoms with E-state index < -0.39 is 0 Å². The van der Waals surface area contributed by atoms with E-state index >= 15 is 0 Å². The van der Waals surface area contributed by atoms with Gasteiger partial charge < -0.3 is 9.88 Å². The maximum Gasteiger partial charge on any atom is 0.0900 e. The number of pyridine rings is 1. The molecule has 2 heterocycles. The van der Waals surface area contributed by atoms with E-state index in [1.165, 1.54) is 19.3 Å². The molecule has 0 radical (unpaired) electrons. The molecule has 1 aliphatic heterocycles. The van der Waals surface area contributed by atoms with Crippen LogP contribution < -0.4 is 10.7 Å². The summed E-state index contributed by atoms with van der Waals surface area (Å²) in [6.07, 6.45) is 9.56. The summed E-state index contributed by atoms with van der Waals surface area (Å²) in [4.78, 5) is 14.5. The smallest absolute Gasteiger partial charge is 0.0900 e. The summed E-state index contributed by atoms with van der Waals surface area (Å²) in [6.45, 7) is 0. The van der Waals surface area contributed by atoms with E-state index in [0.717, 1.165) is 57.7 Å². The van der Waals surface area contributed by atoms with Crippen molar-refractivity contribution >= 4 is 45.6 Å². The molecule has 1 aromatic heterocycles. The highest BCUT2D eigenvalue weighted by Crippen LogP contribution is 2.33. The molecule has 3 aromatic rings. The van der Waals surface area contributed by atoms with Crippen LogP contribution in [-0.4, -0.2) is 20.6 Å². The summed E-state index contributed by atoms with van der Waals surface area (Å²) in [6, 6.07) is 22.3. The van der Waals surface area contributed by atoms with Crippen molar-refractivity contribution in [2.45, 2.75) is 38.1 Å². The highest BCUT2D eigenvalue weighted by molar-refractivity contribution is 6.42. The van der Waals surface area contributed by atoms with E-state index in [0.29, 0.717) is 16.1 Å². The normalized spacial score (nSPS) is 15.0. The van der Waals surface area contributed by atoms with Gasteiger partial charge >= 0.3 is 0 Å². The summed E-state index contributed by atoms with van der Waals surface area (Å²) in [7, 11) is 0. The van der Waals surface area contributed by atoms with E-state index in [1.807, 2.05) is 54.7 Å². The molecule has 1 fully saturated rings. The summed E-state index contributed by atoms with van der Waals surface area (Å²) in [5.74, 6) is 0. The number of fused-ring (bicyclic) bond motifs is 2. The molecule has 0 saturated heterocycles. The lowest BCUT2D eigenvalue weighted by molar-refractivity contribution is 0.437. The fraction of sp³-hybridized carbons (Fsp3) is 0.207. The first-order chi connectivity index (χ1) is 17.7. The molecule has 180 valence electrons. The third-order valence-corrected chi connectivity index (χ3v) is 7.43. The van der Waals surface area contributed by atoms with E-state index in [-0.39, 0.29) is 0 Å². The number of nitrogens with one attached hydrogen (secondary N) is 1. The van der Waals surface area contributed by atoms with Gasteiger partial charge in [-0.05, 0) is 67.4 Å². The lowest BCUT2D eigenvalue weighted by Gasteiger charge is -2.22. The Labute approximate surface area is 219 Å². The van der Waals surface area contributed by atoms with Crippen molar-refractivity contribution < 1.29 is 0 Å². The van der Waals surface area contributed by atoms with Gasteiger partial charge in [0.25, 0.3) is 0 Å². The number of hydrogen-bond donors (Lipinski definition) is 1. The predicted molar refractivity (Wildman–Crippen MR) is 148 cm³/mol. The molecule has 0 amide bonds. The van der Waals surface area contributed by atoms with Crippen molar-refractivity contribution in [2.75, 3.05) is 5.32 Å². The molecule has 0 bridgehead atoms. The molecule has 0 spiro atoms. The van der Waals surface area contributed by atoms with E-state index in [9.17, 15) is 0 Å². The first-order valence-electron chi connectivity index (χ1n) is 12.3. The molecular weight excluding hydrogens is 489 g/mol. The SMILES string of the molecule is Clc1ccc(-n2c3c/c(=N\C4CCCCC4)c(Nc4cccnc4)cc-3nc3ccccc32)cc1Cl. The van der Waals surface area contributed by atoms with Crippen molar-refractivity contribution in [3.8, 4) is 17.1 Å². The van der Waals surface area contributed by atoms with Crippen molar-refractivity contribution in [3.05, 3.63) is 94.5 Å². The zero-order chi connectivity index (χ0) is 24.5. The predicted octanol–water partition coefficient (Wildman–Crippen LogP) is 7.81. The third-order valence-electron chi connectivity index (χ3n) is 6.70. The molecule has 6 rings (SSSR count). The second-order valence-electron chi connectivity index (χ2n) is 9.18. The van der Waals surface area contributed by atoms with Crippen LogP contribution in [0, 0.1) is 0 Å². The zero-order valence-electron chi connectivity index (χ0n) is 19.7. The average Bonchev–Trinajstić information content (AvgIpc) is 2.91. The standard InChI is InChI=1S/C29H25Cl2N5/c30-22-13-12-21(15-23(22)31)36-28-11-5-4-10-24(28)35-27-16-25(34-20-9-6-14-32-18-20)26(17-29(27)36)33-19-7-2-1-3-8-19/h4-6,9-19,34H,1-3,7-8H2/b33-26+. The Morgan fingerprint density at radius 3 is 2.56 bits per heavy atom. The number of aromatic nitrogens is 3. The first-order valence-corrected chi connectivity index (χ1v) is 13.0. The van der Waals surface area contributed by atoms with Crippen LogP contribution in [0.25, 0.3) is 28.1 Å². The maximum absolute atomic E-state index is 6.45. The molecule has 0 unspecified atom stereocenters. The second-order valence-corrected chi connectivity index (χ2v) is 9.99. The van der Waals surface area contributed by atoms with Gasteiger partial charge in [0.1, 0.15) is 0 Å². The van der Waals surface area contributed by atoms with Crippen LogP contribution in [0.15, 0.2) is 84.1 Å². The van der Waals surface area contributed by atoms with Crippen molar-refractivity contribution in [2.24, 2.45) is 4.99 Å². The minimum atomic E-state index is 0.317. The fourth-order valence-corrected chi connectivity index (χ4v) is 5.24. The lowest BCUT2D eigenvalue weighted by atomic mass is 9.96. The van der Waals surface area contributed by atoms with Crippen LogP contribution in [0.1, 0.15) is 32.1 Å². The van der Waals surface area contributed by atoms with Gasteiger partial charge in [0, 0.05) is 11.9 Å². The molecule has 5 nitrogen and oxygen atoms in total. The molecule has 1 N–H and O–H groups in total. The van der Waals surface area contributed by atoms with Gasteiger partial charge in [0.05, 0.1) is 61.4 Å². The zero-order valence-corrected chi connectivity index (χ0v) is 21.2. The highest BCUT2D eigenvalue weighted by Gasteiger charge is 2.18. The number of nitrogens with zero attached hydrogens (tertiary/aromatic N) is 4. The van der Waals surface area contributed by atoms with Gasteiger partial charge in [-0.25, -0.2) is 4.98 Å². The van der Waals surface area contributed by atoms with E-state index in [1.54, 1.807) is 6.20 Å². The van der Waals surface area contributed by atoms with E-state index in [4.69, 9.17) is 33.2 Å². The largest absolute Gasteiger partial charge is 0.352 e. The molecule has 0 atom stereocenters. The maximum atomic E-state index is 6.45. The molecule has 1 saturated carbocycles. The van der Waals surface area contributed by atoms with E-state index in [2.05, 4.69) is 33.1 Å².